The third-order valence-electron chi connectivity index (χ3n) is 8.38. The molecule has 3 heterocycles. The van der Waals surface area contributed by atoms with Crippen LogP contribution >= 0.6 is 0 Å². The van der Waals surface area contributed by atoms with Gasteiger partial charge in [0.1, 0.15) is 34.3 Å². The van der Waals surface area contributed by atoms with Crippen LogP contribution in [0.25, 0.3) is 22.3 Å². The second-order valence-corrected chi connectivity index (χ2v) is 13.4. The Kier molecular flexibility index (Phi) is 9.85. The first-order valence-corrected chi connectivity index (χ1v) is 16.9. The quantitative estimate of drug-likeness (QED) is 0.118. The van der Waals surface area contributed by atoms with Gasteiger partial charge in [-0.25, -0.2) is 19.6 Å². The van der Waals surface area contributed by atoms with Crippen LogP contribution in [-0.4, -0.2) is 55.4 Å². The minimum Gasteiger partial charge on any atom is -0.508 e. The van der Waals surface area contributed by atoms with Crippen molar-refractivity contribution in [1.82, 2.24) is 19.4 Å². The number of benzene rings is 3. The smallest absolute Gasteiger partial charge is 0.508 e. The number of aromatic nitrogens is 3. The number of imidazole rings is 1. The molecule has 5 aromatic rings. The molecule has 10 nitrogen and oxygen atoms in total. The van der Waals surface area contributed by atoms with Crippen molar-refractivity contribution in [2.45, 2.75) is 72.1 Å². The fraction of sp³-hybridized carbons (Fsp3) is 0.333. The van der Waals surface area contributed by atoms with Crippen molar-refractivity contribution >= 4 is 29.2 Å². The molecule has 6 rings (SSSR count). The number of rotatable bonds is 10. The van der Waals surface area contributed by atoms with Gasteiger partial charge in [0.15, 0.2) is 5.65 Å². The SMILES string of the molecule is CCCCc1nc2ccc(N3CCCN(Cc4ccc(O)cc4)C3=O)nc2n1Cc1ccc(-c2ccccc2OC(=O)OC(C)(C)C)cc1. The van der Waals surface area contributed by atoms with E-state index in [1.54, 1.807) is 43.9 Å². The van der Waals surface area contributed by atoms with Crippen molar-refractivity contribution < 1.29 is 24.2 Å². The lowest BCUT2D eigenvalue weighted by Crippen LogP contribution is -2.49. The minimum absolute atomic E-state index is 0.0880. The topological polar surface area (TPSA) is 110 Å². The zero-order chi connectivity index (χ0) is 34.5. The summed E-state index contributed by atoms with van der Waals surface area (Å²) in [5.41, 5.74) is 4.60. The molecule has 0 unspecified atom stereocenters. The van der Waals surface area contributed by atoms with Crippen molar-refractivity contribution in [3.63, 3.8) is 0 Å². The molecule has 3 aromatic carbocycles. The Hall–Kier alpha value is -5.38. The maximum absolute atomic E-state index is 13.7. The van der Waals surface area contributed by atoms with E-state index in [9.17, 15) is 14.7 Å². The maximum atomic E-state index is 13.7. The molecule has 254 valence electrons. The van der Waals surface area contributed by atoms with E-state index >= 15 is 0 Å². The van der Waals surface area contributed by atoms with E-state index in [2.05, 4.69) is 23.6 Å². The zero-order valence-electron chi connectivity index (χ0n) is 28.6. The normalized spacial score (nSPS) is 13.6. The van der Waals surface area contributed by atoms with Gasteiger partial charge in [-0.3, -0.25) is 4.90 Å². The van der Waals surface area contributed by atoms with Gasteiger partial charge in [-0.2, -0.15) is 0 Å². The molecule has 0 radical (unpaired) electrons. The number of fused-ring (bicyclic) bond motifs is 1. The fourth-order valence-electron chi connectivity index (χ4n) is 5.97. The number of amides is 2. The molecular weight excluding hydrogens is 618 g/mol. The number of aryl methyl sites for hydroxylation is 1. The summed E-state index contributed by atoms with van der Waals surface area (Å²) in [6.07, 6.45) is 2.94. The van der Waals surface area contributed by atoms with Crippen LogP contribution in [0.5, 0.6) is 11.5 Å². The summed E-state index contributed by atoms with van der Waals surface area (Å²) in [7, 11) is 0. The number of para-hydroxylation sites is 1. The summed E-state index contributed by atoms with van der Waals surface area (Å²) in [6, 6.07) is 26.3. The predicted octanol–water partition coefficient (Wildman–Crippen LogP) is 8.34. The lowest BCUT2D eigenvalue weighted by molar-refractivity contribution is 0.0207. The van der Waals surface area contributed by atoms with Crippen LogP contribution < -0.4 is 9.64 Å². The van der Waals surface area contributed by atoms with E-state index in [1.807, 2.05) is 59.5 Å². The molecule has 1 saturated heterocycles. The van der Waals surface area contributed by atoms with Gasteiger partial charge in [-0.05, 0) is 80.6 Å². The van der Waals surface area contributed by atoms with E-state index in [-0.39, 0.29) is 11.8 Å². The number of carbonyl (C=O) groups is 2. The van der Waals surface area contributed by atoms with Crippen LogP contribution in [0.2, 0.25) is 0 Å². The third kappa shape index (κ3) is 8.02. The Morgan fingerprint density at radius 3 is 2.33 bits per heavy atom. The van der Waals surface area contributed by atoms with Crippen LogP contribution in [0.3, 0.4) is 0 Å². The van der Waals surface area contributed by atoms with E-state index in [0.29, 0.717) is 37.7 Å². The van der Waals surface area contributed by atoms with Gasteiger partial charge in [-0.1, -0.05) is 67.9 Å². The number of unbranched alkanes of at least 4 members (excludes halogenated alkanes) is 1. The van der Waals surface area contributed by atoms with Crippen molar-refractivity contribution in [1.29, 1.82) is 0 Å². The lowest BCUT2D eigenvalue weighted by Gasteiger charge is -2.35. The van der Waals surface area contributed by atoms with Gasteiger partial charge >= 0.3 is 12.2 Å². The summed E-state index contributed by atoms with van der Waals surface area (Å²) in [6.45, 7) is 9.83. The highest BCUT2D eigenvalue weighted by atomic mass is 16.7. The average Bonchev–Trinajstić information content (AvgIpc) is 3.41. The van der Waals surface area contributed by atoms with E-state index in [1.165, 1.54) is 0 Å². The highest BCUT2D eigenvalue weighted by Gasteiger charge is 2.28. The molecule has 0 atom stereocenters. The van der Waals surface area contributed by atoms with Crippen LogP contribution in [-0.2, 0) is 24.2 Å². The summed E-state index contributed by atoms with van der Waals surface area (Å²) < 4.78 is 13.1. The number of hydrogen-bond acceptors (Lipinski definition) is 7. The first kappa shape index (κ1) is 33.5. The number of ether oxygens (including phenoxy) is 2. The molecule has 2 aromatic heterocycles. The summed E-state index contributed by atoms with van der Waals surface area (Å²) in [5, 5.41) is 9.66. The summed E-state index contributed by atoms with van der Waals surface area (Å²) in [4.78, 5) is 39.6. The van der Waals surface area contributed by atoms with E-state index in [0.717, 1.165) is 64.9 Å². The lowest BCUT2D eigenvalue weighted by atomic mass is 10.0. The van der Waals surface area contributed by atoms with Crippen molar-refractivity contribution in [2.75, 3.05) is 18.0 Å². The number of nitrogens with zero attached hydrogens (tertiary/aromatic N) is 5. The third-order valence-corrected chi connectivity index (χ3v) is 8.38. The molecule has 1 N–H and O–H groups in total. The second-order valence-electron chi connectivity index (χ2n) is 13.4. The Labute approximate surface area is 286 Å². The number of pyridine rings is 1. The Morgan fingerprint density at radius 2 is 1.59 bits per heavy atom. The molecule has 0 bridgehead atoms. The standard InChI is InChI=1S/C39H43N5O5/c1-5-6-12-34-40-32-21-22-35(43-24-9-23-42(37(43)46)25-27-15-19-30(45)20-16-27)41-36(32)44(34)26-28-13-17-29(18-14-28)31-10-7-8-11-33(31)48-38(47)49-39(2,3)4/h7-8,10-11,13-22,45H,5-6,9,12,23-26H2,1-4H3. The van der Waals surface area contributed by atoms with Crippen LogP contribution in [0.4, 0.5) is 15.4 Å². The Morgan fingerprint density at radius 1 is 0.878 bits per heavy atom. The molecule has 1 aliphatic rings. The van der Waals surface area contributed by atoms with Gasteiger partial charge in [0.05, 0.1) is 6.54 Å². The fourth-order valence-corrected chi connectivity index (χ4v) is 5.97. The molecule has 2 amide bonds. The molecule has 0 saturated carbocycles. The number of phenolic OH excluding ortho intramolecular Hbond substituents is 1. The van der Waals surface area contributed by atoms with Crippen molar-refractivity contribution in [2.24, 2.45) is 0 Å². The Balaban J connectivity index is 1.25. The monoisotopic (exact) mass is 661 g/mol. The summed E-state index contributed by atoms with van der Waals surface area (Å²) in [5.74, 6) is 2.19. The maximum Gasteiger partial charge on any atom is 0.514 e. The predicted molar refractivity (Wildman–Crippen MR) is 190 cm³/mol. The highest BCUT2D eigenvalue weighted by molar-refractivity contribution is 5.92. The molecular formula is C39H43N5O5. The van der Waals surface area contributed by atoms with Crippen LogP contribution in [0, 0.1) is 0 Å². The highest BCUT2D eigenvalue weighted by Crippen LogP contribution is 2.31. The van der Waals surface area contributed by atoms with Gasteiger partial charge in [-0.15, -0.1) is 0 Å². The molecule has 10 heteroatoms. The first-order valence-electron chi connectivity index (χ1n) is 16.9. The number of phenols is 1. The molecule has 1 aliphatic heterocycles. The Bertz CT molecular complexity index is 1930. The minimum atomic E-state index is -0.744. The van der Waals surface area contributed by atoms with Gasteiger partial charge in [0.2, 0.25) is 0 Å². The largest absolute Gasteiger partial charge is 0.514 e. The molecule has 0 aliphatic carbocycles. The van der Waals surface area contributed by atoms with E-state index < -0.39 is 11.8 Å². The first-order chi connectivity index (χ1) is 23.6. The molecule has 1 fully saturated rings. The van der Waals surface area contributed by atoms with E-state index in [4.69, 9.17) is 19.4 Å². The number of urea groups is 1. The van der Waals surface area contributed by atoms with Crippen LogP contribution in [0.1, 0.15) is 63.9 Å². The summed E-state index contributed by atoms with van der Waals surface area (Å²) >= 11 is 0. The van der Waals surface area contributed by atoms with Gasteiger partial charge in [0, 0.05) is 31.6 Å². The number of anilines is 1. The zero-order valence-corrected chi connectivity index (χ0v) is 28.6. The number of carbonyl (C=O) groups excluding carboxylic acids is 2. The molecule has 0 spiro atoms. The van der Waals surface area contributed by atoms with Gasteiger partial charge < -0.3 is 24.0 Å². The van der Waals surface area contributed by atoms with Crippen molar-refractivity contribution in [3.8, 4) is 22.6 Å². The van der Waals surface area contributed by atoms with Crippen LogP contribution in [0.15, 0.2) is 84.9 Å². The average molecular weight is 662 g/mol. The number of aromatic hydroxyl groups is 1. The van der Waals surface area contributed by atoms with Crippen molar-refractivity contribution in [3.05, 3.63) is 102 Å². The van der Waals surface area contributed by atoms with Gasteiger partial charge in [0.25, 0.3) is 0 Å². The molecule has 49 heavy (non-hydrogen) atoms. The number of hydrogen-bond donors (Lipinski definition) is 1. The second kappa shape index (κ2) is 14.4.